The fraction of sp³-hybridized carbons (Fsp3) is 0.333. The predicted octanol–water partition coefficient (Wildman–Crippen LogP) is 9.61. The van der Waals surface area contributed by atoms with E-state index in [4.69, 9.17) is 9.97 Å². The Kier molecular flexibility index (Phi) is 11.1. The van der Waals surface area contributed by atoms with Crippen LogP contribution in [0.25, 0.3) is 32.8 Å². The van der Waals surface area contributed by atoms with Gasteiger partial charge in [0.25, 0.3) is 0 Å². The van der Waals surface area contributed by atoms with Gasteiger partial charge in [0.1, 0.15) is 22.7 Å². The highest BCUT2D eigenvalue weighted by atomic mass is 32.1. The first-order valence-corrected chi connectivity index (χ1v) is 23.0. The predicted molar refractivity (Wildman–Crippen MR) is 240 cm³/mol. The molecule has 2 aromatic heterocycles. The molecule has 0 spiro atoms. The molecule has 10 rings (SSSR count). The molecule has 0 unspecified atom stereocenters. The Hall–Kier alpha value is -6.20. The van der Waals surface area contributed by atoms with Crippen LogP contribution in [0.4, 0.5) is 0 Å². The number of nitrogens with one attached hydrogen (secondary N) is 2. The number of carbonyl (C=O) groups is 4. The number of imidazole rings is 1. The van der Waals surface area contributed by atoms with Gasteiger partial charge in [-0.2, -0.15) is 0 Å². The number of amides is 3. The summed E-state index contributed by atoms with van der Waals surface area (Å²) in [5, 5.41) is 3.99. The normalized spacial score (nSPS) is 19.6. The van der Waals surface area contributed by atoms with Crippen LogP contribution in [-0.2, 0) is 19.2 Å². The molecule has 62 heavy (non-hydrogen) atoms. The Morgan fingerprint density at radius 1 is 0.629 bits per heavy atom. The number of rotatable bonds is 14. The van der Waals surface area contributed by atoms with Crippen molar-refractivity contribution in [2.45, 2.75) is 81.8 Å². The first-order valence-electron chi connectivity index (χ1n) is 22.1. The largest absolute Gasteiger partial charge is 0.340 e. The van der Waals surface area contributed by atoms with Crippen LogP contribution in [0.5, 0.6) is 0 Å². The van der Waals surface area contributed by atoms with E-state index in [1.807, 2.05) is 82.9 Å². The Bertz CT molecular complexity index is 2380. The first kappa shape index (κ1) is 39.9. The topological polar surface area (TPSA) is 128 Å². The average molecular weight is 843 g/mol. The molecule has 4 aliphatic rings. The Balaban J connectivity index is 0.797. The highest BCUT2D eigenvalue weighted by Crippen LogP contribution is 2.42. The van der Waals surface area contributed by atoms with Gasteiger partial charge in [-0.15, -0.1) is 11.3 Å². The van der Waals surface area contributed by atoms with Gasteiger partial charge in [-0.25, -0.2) is 9.97 Å². The molecule has 3 amide bonds. The van der Waals surface area contributed by atoms with E-state index in [0.29, 0.717) is 13.1 Å². The van der Waals surface area contributed by atoms with E-state index in [1.165, 1.54) is 0 Å². The third-order valence-electron chi connectivity index (χ3n) is 13.0. The second-order valence-corrected chi connectivity index (χ2v) is 18.4. The summed E-state index contributed by atoms with van der Waals surface area (Å²) in [4.78, 5) is 72.1. The van der Waals surface area contributed by atoms with Gasteiger partial charge in [-0.1, -0.05) is 109 Å². The van der Waals surface area contributed by atoms with Gasteiger partial charge in [0.05, 0.1) is 34.8 Å². The number of likely N-dealkylation sites (tertiary alicyclic amines) is 2. The van der Waals surface area contributed by atoms with E-state index < -0.39 is 12.0 Å². The van der Waals surface area contributed by atoms with Crippen LogP contribution in [0.1, 0.15) is 104 Å². The standard InChI is InChI=1S/C51H50N6O4S/c58-44(36-21-22-36)29-40(34-9-3-1-4-10-34)50(60)57-28-8-14-43(57)49-53-31-45(62-49)37-23-17-33(18-24-37)32-15-19-35(20-16-32)41-30-52-47(54-41)42-13-7-27-56(42)51(61)46(38-11-5-2-6-12-38)55-48(59)39-25-26-39/h1-6,9-12,15-20,23-24,30-31,36,39-40,42-43,46H,7-8,13-14,21-22,25-29H2,(H,52,54)(H,55,59)/t40-,42+,43+,46-/m1/s1. The smallest absolute Gasteiger partial charge is 0.250 e. The Labute approximate surface area is 365 Å². The van der Waals surface area contributed by atoms with Gasteiger partial charge in [-0.05, 0) is 84.7 Å². The molecule has 11 heteroatoms. The quantitative estimate of drug-likeness (QED) is 0.112. The molecule has 2 aliphatic heterocycles. The molecule has 314 valence electrons. The number of benzene rings is 4. The molecule has 2 saturated heterocycles. The zero-order chi connectivity index (χ0) is 42.2. The number of Topliss-reactive ketones (excluding diaryl/α,β-unsaturated/α-hetero) is 1. The van der Waals surface area contributed by atoms with Crippen LogP contribution in [0.2, 0.25) is 0 Å². The van der Waals surface area contributed by atoms with Crippen molar-refractivity contribution in [3.63, 3.8) is 0 Å². The number of carbonyl (C=O) groups excluding carboxylic acids is 4. The third kappa shape index (κ3) is 8.38. The van der Waals surface area contributed by atoms with Crippen molar-refractivity contribution in [1.29, 1.82) is 0 Å². The summed E-state index contributed by atoms with van der Waals surface area (Å²) < 4.78 is 0. The Morgan fingerprint density at radius 3 is 1.85 bits per heavy atom. The highest BCUT2D eigenvalue weighted by Gasteiger charge is 2.41. The molecule has 4 atom stereocenters. The first-order chi connectivity index (χ1) is 30.4. The molecular weight excluding hydrogens is 793 g/mol. The van der Waals surface area contributed by atoms with Gasteiger partial charge in [0.2, 0.25) is 17.7 Å². The highest BCUT2D eigenvalue weighted by molar-refractivity contribution is 7.15. The van der Waals surface area contributed by atoms with E-state index in [-0.39, 0.29) is 53.8 Å². The summed E-state index contributed by atoms with van der Waals surface area (Å²) in [6.45, 7) is 1.28. The van der Waals surface area contributed by atoms with Crippen molar-refractivity contribution in [1.82, 2.24) is 30.1 Å². The second kappa shape index (κ2) is 17.3. The molecule has 10 nitrogen and oxygen atoms in total. The van der Waals surface area contributed by atoms with Gasteiger partial charge >= 0.3 is 0 Å². The van der Waals surface area contributed by atoms with Crippen molar-refractivity contribution in [3.8, 4) is 32.8 Å². The minimum atomic E-state index is -0.727. The minimum absolute atomic E-state index is 0.00410. The van der Waals surface area contributed by atoms with Crippen LogP contribution in [0.15, 0.2) is 122 Å². The molecule has 0 radical (unpaired) electrons. The fourth-order valence-corrected chi connectivity index (χ4v) is 10.3. The lowest BCUT2D eigenvalue weighted by atomic mass is 9.91. The van der Waals surface area contributed by atoms with E-state index in [1.54, 1.807) is 11.3 Å². The molecular formula is C51H50N6O4S. The summed E-state index contributed by atoms with van der Waals surface area (Å²) in [5.41, 5.74) is 6.84. The maximum Gasteiger partial charge on any atom is 0.250 e. The third-order valence-corrected chi connectivity index (χ3v) is 14.2. The van der Waals surface area contributed by atoms with Gasteiger partial charge in [0, 0.05) is 37.5 Å². The average Bonchev–Trinajstić information content (AvgIpc) is 4.07. The SMILES string of the molecule is O=C(C[C@@H](C(=O)N1CCC[C@H]1c1ncc(-c2ccc(-c3ccc(-c4cnc([C@@H]5CCCN5C(=O)[C@H](NC(=O)C5CC5)c5ccccc5)[nH]4)cc3)cc2)s1)c1ccccc1)C1CC1. The summed E-state index contributed by atoms with van der Waals surface area (Å²) in [5.74, 6) is 0.499. The van der Waals surface area contributed by atoms with Gasteiger partial charge in [0.15, 0.2) is 0 Å². The summed E-state index contributed by atoms with van der Waals surface area (Å²) >= 11 is 1.64. The molecule has 4 fully saturated rings. The molecule has 0 bridgehead atoms. The molecule has 2 saturated carbocycles. The number of nitrogens with zero attached hydrogens (tertiary/aromatic N) is 4. The molecule has 4 aromatic carbocycles. The van der Waals surface area contributed by atoms with E-state index >= 15 is 0 Å². The van der Waals surface area contributed by atoms with E-state index in [0.717, 1.165) is 106 Å². The van der Waals surface area contributed by atoms with Crippen LogP contribution in [0.3, 0.4) is 0 Å². The zero-order valence-corrected chi connectivity index (χ0v) is 35.4. The van der Waals surface area contributed by atoms with Crippen LogP contribution in [0, 0.1) is 11.8 Å². The van der Waals surface area contributed by atoms with Crippen molar-refractivity contribution in [2.24, 2.45) is 11.8 Å². The number of hydrogen-bond donors (Lipinski definition) is 2. The molecule has 2 aliphatic carbocycles. The monoisotopic (exact) mass is 842 g/mol. The molecule has 4 heterocycles. The van der Waals surface area contributed by atoms with Crippen molar-refractivity contribution >= 4 is 34.8 Å². The lowest BCUT2D eigenvalue weighted by molar-refractivity contribution is -0.138. The van der Waals surface area contributed by atoms with Crippen molar-refractivity contribution in [2.75, 3.05) is 13.1 Å². The Morgan fingerprint density at radius 2 is 1.21 bits per heavy atom. The number of aromatic nitrogens is 3. The molecule has 6 aromatic rings. The number of thiazole rings is 1. The fourth-order valence-electron chi connectivity index (χ4n) is 9.21. The number of aromatic amines is 1. The number of H-pyrrole nitrogens is 1. The van der Waals surface area contributed by atoms with E-state index in [2.05, 4.69) is 58.8 Å². The zero-order valence-electron chi connectivity index (χ0n) is 34.6. The maximum atomic E-state index is 14.2. The lowest BCUT2D eigenvalue weighted by Crippen LogP contribution is -2.43. The van der Waals surface area contributed by atoms with Gasteiger partial charge in [-0.3, -0.25) is 19.2 Å². The van der Waals surface area contributed by atoms with Crippen LogP contribution in [-0.4, -0.2) is 61.3 Å². The van der Waals surface area contributed by atoms with E-state index in [9.17, 15) is 19.2 Å². The summed E-state index contributed by atoms with van der Waals surface area (Å²) in [6, 6.07) is 35.2. The van der Waals surface area contributed by atoms with Crippen molar-refractivity contribution in [3.05, 3.63) is 144 Å². The van der Waals surface area contributed by atoms with Crippen LogP contribution >= 0.6 is 11.3 Å². The van der Waals surface area contributed by atoms with Gasteiger partial charge < -0.3 is 20.1 Å². The number of ketones is 1. The van der Waals surface area contributed by atoms with Crippen molar-refractivity contribution < 1.29 is 19.2 Å². The van der Waals surface area contributed by atoms with Crippen LogP contribution < -0.4 is 5.32 Å². The maximum absolute atomic E-state index is 14.2. The summed E-state index contributed by atoms with van der Waals surface area (Å²) in [6.07, 6.45) is 11.1. The lowest BCUT2D eigenvalue weighted by Gasteiger charge is -2.28. The summed E-state index contributed by atoms with van der Waals surface area (Å²) in [7, 11) is 0. The number of hydrogen-bond acceptors (Lipinski definition) is 7. The molecule has 2 N–H and O–H groups in total. The second-order valence-electron chi connectivity index (χ2n) is 17.3. The minimum Gasteiger partial charge on any atom is -0.340 e.